The predicted octanol–water partition coefficient (Wildman–Crippen LogP) is 5.68. The third kappa shape index (κ3) is 6.11. The van der Waals surface area contributed by atoms with Gasteiger partial charge in [0.25, 0.3) is 0 Å². The number of carbonyl (C=O) groups excluding carboxylic acids is 1. The number of urea groups is 1. The van der Waals surface area contributed by atoms with E-state index in [1.54, 1.807) is 63.8 Å². The first-order valence-corrected chi connectivity index (χ1v) is 10.9. The van der Waals surface area contributed by atoms with Gasteiger partial charge in [0, 0.05) is 35.3 Å². The van der Waals surface area contributed by atoms with E-state index in [0.29, 0.717) is 51.8 Å². The largest absolute Gasteiger partial charge is 0.493 e. The molecular weight excluding hydrogens is 462 g/mol. The van der Waals surface area contributed by atoms with Gasteiger partial charge in [0.15, 0.2) is 11.5 Å². The van der Waals surface area contributed by atoms with Crippen LogP contribution in [0, 0.1) is 0 Å². The molecule has 10 nitrogen and oxygen atoms in total. The van der Waals surface area contributed by atoms with Crippen molar-refractivity contribution < 1.29 is 23.7 Å². The summed E-state index contributed by atoms with van der Waals surface area (Å²) in [6.45, 7) is 0. The number of nitrogens with one attached hydrogen (secondary N) is 3. The number of hydrogen-bond acceptors (Lipinski definition) is 8. The molecule has 0 saturated heterocycles. The van der Waals surface area contributed by atoms with Crippen LogP contribution in [0.4, 0.5) is 27.7 Å². The SMILES string of the molecule is COc1cc(Nc2cc(Oc3ccc(NC(=O)Nc4ccccc4)cc3)ncn2)cc(OC)c1OC. The standard InChI is InChI=1S/C26H25N5O5/c1-33-21-13-19(14-22(34-2)25(21)35-3)29-23-15-24(28-16-27-23)36-20-11-9-18(10-12-20)31-26(32)30-17-7-5-4-6-8-17/h4-16H,1-3H3,(H,27,28,29)(H2,30,31,32). The van der Waals surface area contributed by atoms with Gasteiger partial charge in [-0.3, -0.25) is 0 Å². The number of ether oxygens (including phenoxy) is 4. The highest BCUT2D eigenvalue weighted by Crippen LogP contribution is 2.40. The average molecular weight is 488 g/mol. The van der Waals surface area contributed by atoms with Gasteiger partial charge in [0.05, 0.1) is 21.3 Å². The van der Waals surface area contributed by atoms with E-state index in [1.807, 2.05) is 30.3 Å². The predicted molar refractivity (Wildman–Crippen MR) is 137 cm³/mol. The van der Waals surface area contributed by atoms with E-state index < -0.39 is 0 Å². The Kier molecular flexibility index (Phi) is 7.66. The number of amides is 2. The number of rotatable bonds is 9. The first-order valence-electron chi connectivity index (χ1n) is 10.9. The normalized spacial score (nSPS) is 10.2. The lowest BCUT2D eigenvalue weighted by molar-refractivity contribution is 0.262. The van der Waals surface area contributed by atoms with Crippen molar-refractivity contribution in [2.24, 2.45) is 0 Å². The third-order valence-corrected chi connectivity index (χ3v) is 4.95. The maximum Gasteiger partial charge on any atom is 0.323 e. The first kappa shape index (κ1) is 24.1. The first-order chi connectivity index (χ1) is 17.6. The maximum atomic E-state index is 12.2. The van der Waals surface area contributed by atoms with Crippen LogP contribution in [0.25, 0.3) is 0 Å². The Bertz CT molecular complexity index is 1290. The zero-order valence-electron chi connectivity index (χ0n) is 19.9. The number of para-hydroxylation sites is 1. The van der Waals surface area contributed by atoms with E-state index in [9.17, 15) is 4.79 Å². The molecular formula is C26H25N5O5. The maximum absolute atomic E-state index is 12.2. The highest BCUT2D eigenvalue weighted by atomic mass is 16.5. The molecule has 0 aliphatic rings. The smallest absolute Gasteiger partial charge is 0.323 e. The van der Waals surface area contributed by atoms with Crippen molar-refractivity contribution in [3.8, 4) is 28.9 Å². The zero-order chi connectivity index (χ0) is 25.3. The Morgan fingerprint density at radius 2 is 1.36 bits per heavy atom. The topological polar surface area (TPSA) is 116 Å². The molecule has 1 heterocycles. The highest BCUT2D eigenvalue weighted by molar-refractivity contribution is 5.99. The minimum Gasteiger partial charge on any atom is -0.493 e. The Morgan fingerprint density at radius 1 is 0.722 bits per heavy atom. The molecule has 10 heteroatoms. The molecule has 0 atom stereocenters. The van der Waals surface area contributed by atoms with E-state index >= 15 is 0 Å². The number of carbonyl (C=O) groups is 1. The molecule has 0 bridgehead atoms. The highest BCUT2D eigenvalue weighted by Gasteiger charge is 2.14. The number of aromatic nitrogens is 2. The van der Waals surface area contributed by atoms with Gasteiger partial charge in [-0.1, -0.05) is 18.2 Å². The molecule has 0 fully saturated rings. The summed E-state index contributed by atoms with van der Waals surface area (Å²) in [7, 11) is 4.64. The van der Waals surface area contributed by atoms with E-state index in [1.165, 1.54) is 6.33 Å². The molecule has 0 aliphatic carbocycles. The number of methoxy groups -OCH3 is 3. The summed E-state index contributed by atoms with van der Waals surface area (Å²) in [6, 6.07) is 21.0. The van der Waals surface area contributed by atoms with Gasteiger partial charge in [-0.15, -0.1) is 0 Å². The van der Waals surface area contributed by atoms with Crippen LogP contribution in [-0.4, -0.2) is 37.3 Å². The Balaban J connectivity index is 1.40. The molecule has 3 aromatic carbocycles. The van der Waals surface area contributed by atoms with Crippen molar-refractivity contribution >= 4 is 28.9 Å². The molecule has 3 N–H and O–H groups in total. The number of anilines is 4. The number of nitrogens with zero attached hydrogens (tertiary/aromatic N) is 2. The summed E-state index contributed by atoms with van der Waals surface area (Å²) in [5.74, 6) is 2.90. The fraction of sp³-hybridized carbons (Fsp3) is 0.115. The van der Waals surface area contributed by atoms with Crippen LogP contribution in [0.1, 0.15) is 0 Å². The fourth-order valence-corrected chi connectivity index (χ4v) is 3.31. The van der Waals surface area contributed by atoms with Crippen LogP contribution in [-0.2, 0) is 0 Å². The van der Waals surface area contributed by atoms with Crippen LogP contribution >= 0.6 is 0 Å². The molecule has 1 aromatic heterocycles. The molecule has 0 aliphatic heterocycles. The summed E-state index contributed by atoms with van der Waals surface area (Å²) in [5, 5.41) is 8.72. The number of benzene rings is 3. The second-order valence-electron chi connectivity index (χ2n) is 7.35. The molecule has 0 spiro atoms. The van der Waals surface area contributed by atoms with Gasteiger partial charge in [0.1, 0.15) is 17.9 Å². The Labute approximate surface area is 208 Å². The summed E-state index contributed by atoms with van der Waals surface area (Å²) >= 11 is 0. The van der Waals surface area contributed by atoms with Crippen LogP contribution in [0.3, 0.4) is 0 Å². The van der Waals surface area contributed by atoms with Gasteiger partial charge < -0.3 is 34.9 Å². The van der Waals surface area contributed by atoms with Crippen LogP contribution in [0.15, 0.2) is 79.1 Å². The lowest BCUT2D eigenvalue weighted by Crippen LogP contribution is -2.19. The molecule has 4 aromatic rings. The summed E-state index contributed by atoms with van der Waals surface area (Å²) in [5.41, 5.74) is 2.00. The average Bonchev–Trinajstić information content (AvgIpc) is 2.90. The van der Waals surface area contributed by atoms with Crippen molar-refractivity contribution in [1.82, 2.24) is 9.97 Å². The van der Waals surface area contributed by atoms with Crippen molar-refractivity contribution in [1.29, 1.82) is 0 Å². The van der Waals surface area contributed by atoms with E-state index in [4.69, 9.17) is 18.9 Å². The molecule has 4 rings (SSSR count). The summed E-state index contributed by atoms with van der Waals surface area (Å²) < 4.78 is 22.0. The zero-order valence-corrected chi connectivity index (χ0v) is 19.9. The molecule has 36 heavy (non-hydrogen) atoms. The second kappa shape index (κ2) is 11.4. The molecule has 0 saturated carbocycles. The minimum absolute atomic E-state index is 0.336. The van der Waals surface area contributed by atoms with Crippen molar-refractivity contribution in [3.05, 3.63) is 79.1 Å². The summed E-state index contributed by atoms with van der Waals surface area (Å²) in [4.78, 5) is 20.6. The molecule has 184 valence electrons. The van der Waals surface area contributed by atoms with Crippen molar-refractivity contribution in [2.75, 3.05) is 37.3 Å². The van der Waals surface area contributed by atoms with Crippen molar-refractivity contribution in [2.45, 2.75) is 0 Å². The number of hydrogen-bond donors (Lipinski definition) is 3. The summed E-state index contributed by atoms with van der Waals surface area (Å²) in [6.07, 6.45) is 1.39. The minimum atomic E-state index is -0.340. The Morgan fingerprint density at radius 3 is 1.97 bits per heavy atom. The third-order valence-electron chi connectivity index (χ3n) is 4.95. The quantitative estimate of drug-likeness (QED) is 0.276. The van der Waals surface area contributed by atoms with Gasteiger partial charge >= 0.3 is 6.03 Å². The van der Waals surface area contributed by atoms with Gasteiger partial charge in [-0.25, -0.2) is 14.8 Å². The van der Waals surface area contributed by atoms with E-state index in [0.717, 1.165) is 0 Å². The Hall–Kier alpha value is -4.99. The van der Waals surface area contributed by atoms with Gasteiger partial charge in [-0.05, 0) is 36.4 Å². The van der Waals surface area contributed by atoms with E-state index in [-0.39, 0.29) is 6.03 Å². The monoisotopic (exact) mass is 487 g/mol. The second-order valence-corrected chi connectivity index (χ2v) is 7.35. The van der Waals surface area contributed by atoms with Crippen LogP contribution in [0.2, 0.25) is 0 Å². The lowest BCUT2D eigenvalue weighted by atomic mass is 10.2. The fourth-order valence-electron chi connectivity index (χ4n) is 3.31. The van der Waals surface area contributed by atoms with Crippen LogP contribution in [0.5, 0.6) is 28.9 Å². The van der Waals surface area contributed by atoms with Crippen molar-refractivity contribution in [3.63, 3.8) is 0 Å². The van der Waals surface area contributed by atoms with Crippen LogP contribution < -0.4 is 34.9 Å². The molecule has 0 radical (unpaired) electrons. The van der Waals surface area contributed by atoms with Gasteiger partial charge in [-0.2, -0.15) is 0 Å². The van der Waals surface area contributed by atoms with E-state index in [2.05, 4.69) is 25.9 Å². The molecule has 0 unspecified atom stereocenters. The van der Waals surface area contributed by atoms with Gasteiger partial charge in [0.2, 0.25) is 11.6 Å². The lowest BCUT2D eigenvalue weighted by Gasteiger charge is -2.15. The molecule has 2 amide bonds.